The lowest BCUT2D eigenvalue weighted by atomic mass is 9.78. The maximum atomic E-state index is 12.0. The summed E-state index contributed by atoms with van der Waals surface area (Å²) in [6, 6.07) is 0. The summed E-state index contributed by atoms with van der Waals surface area (Å²) < 4.78 is 1.44. The first-order valence-corrected chi connectivity index (χ1v) is 6.97. The number of rotatable bonds is 5. The van der Waals surface area contributed by atoms with Gasteiger partial charge in [0.05, 0.1) is 11.9 Å². The smallest absolute Gasteiger partial charge is 0.287 e. The summed E-state index contributed by atoms with van der Waals surface area (Å²) in [6.45, 7) is 4.86. The first-order valence-electron chi connectivity index (χ1n) is 6.59. The third-order valence-corrected chi connectivity index (χ3v) is 3.97. The fraction of sp³-hybridized carbons (Fsp3) is 0.692. The maximum absolute atomic E-state index is 12.0. The van der Waals surface area contributed by atoms with Crippen molar-refractivity contribution in [3.8, 4) is 0 Å². The average Bonchev–Trinajstić information content (AvgIpc) is 2.32. The van der Waals surface area contributed by atoms with Crippen LogP contribution in [0.15, 0.2) is 11.0 Å². The van der Waals surface area contributed by atoms with Crippen molar-refractivity contribution in [2.75, 3.05) is 5.32 Å². The van der Waals surface area contributed by atoms with Gasteiger partial charge in [-0.25, -0.2) is 4.68 Å². The lowest BCUT2D eigenvalue weighted by molar-refractivity contribution is 0.306. The molecule has 1 aliphatic rings. The second-order valence-corrected chi connectivity index (χ2v) is 5.67. The maximum Gasteiger partial charge on any atom is 0.287 e. The van der Waals surface area contributed by atoms with E-state index < -0.39 is 0 Å². The highest BCUT2D eigenvalue weighted by Crippen LogP contribution is 2.35. The minimum atomic E-state index is -0.196. The number of anilines is 1. The predicted molar refractivity (Wildman–Crippen MR) is 74.3 cm³/mol. The van der Waals surface area contributed by atoms with E-state index in [1.54, 1.807) is 6.20 Å². The molecule has 0 radical (unpaired) electrons. The number of unbranched alkanes of at least 4 members (excludes halogenated alkanes) is 1. The number of hydrogen-bond donors (Lipinski definition) is 1. The van der Waals surface area contributed by atoms with Crippen LogP contribution in [0.5, 0.6) is 0 Å². The number of nitrogens with one attached hydrogen (secondary N) is 1. The van der Waals surface area contributed by atoms with Crippen molar-refractivity contribution in [1.29, 1.82) is 0 Å². The fourth-order valence-electron chi connectivity index (χ4n) is 2.18. The molecule has 5 heteroatoms. The highest BCUT2D eigenvalue weighted by Gasteiger charge is 2.32. The Balaban J connectivity index is 2.18. The van der Waals surface area contributed by atoms with E-state index in [1.165, 1.54) is 11.1 Å². The van der Waals surface area contributed by atoms with Gasteiger partial charge in [0.1, 0.15) is 5.02 Å². The molecular weight excluding hydrogens is 250 g/mol. The molecule has 0 spiro atoms. The van der Waals surface area contributed by atoms with Crippen molar-refractivity contribution in [3.63, 3.8) is 0 Å². The van der Waals surface area contributed by atoms with Gasteiger partial charge in [-0.2, -0.15) is 5.10 Å². The van der Waals surface area contributed by atoms with Crippen molar-refractivity contribution < 1.29 is 0 Å². The molecule has 1 N–H and O–H groups in total. The largest absolute Gasteiger partial charge is 0.377 e. The van der Waals surface area contributed by atoms with Gasteiger partial charge in [0.2, 0.25) is 0 Å². The number of halogens is 1. The van der Waals surface area contributed by atoms with Crippen molar-refractivity contribution in [2.45, 2.75) is 58.0 Å². The molecule has 0 amide bonds. The Morgan fingerprint density at radius 2 is 2.28 bits per heavy atom. The zero-order valence-corrected chi connectivity index (χ0v) is 11.8. The van der Waals surface area contributed by atoms with Crippen LogP contribution < -0.4 is 10.9 Å². The fourth-order valence-corrected chi connectivity index (χ4v) is 2.37. The molecular formula is C13H20ClN3O. The number of nitrogens with zero attached hydrogens (tertiary/aromatic N) is 2. The number of aromatic nitrogens is 2. The molecule has 4 nitrogen and oxygen atoms in total. The highest BCUT2D eigenvalue weighted by atomic mass is 35.5. The van der Waals surface area contributed by atoms with Gasteiger partial charge < -0.3 is 5.32 Å². The van der Waals surface area contributed by atoms with Crippen molar-refractivity contribution in [1.82, 2.24) is 9.78 Å². The number of aryl methyl sites for hydroxylation is 1. The van der Waals surface area contributed by atoms with Crippen molar-refractivity contribution >= 4 is 17.3 Å². The molecule has 1 aromatic rings. The van der Waals surface area contributed by atoms with Gasteiger partial charge in [-0.1, -0.05) is 24.9 Å². The molecule has 1 saturated carbocycles. The quantitative estimate of drug-likeness (QED) is 0.894. The van der Waals surface area contributed by atoms with E-state index >= 15 is 0 Å². The zero-order chi connectivity index (χ0) is 13.2. The summed E-state index contributed by atoms with van der Waals surface area (Å²) in [4.78, 5) is 12.0. The summed E-state index contributed by atoms with van der Waals surface area (Å²) in [7, 11) is 0. The molecule has 2 rings (SSSR count). The highest BCUT2D eigenvalue weighted by molar-refractivity contribution is 6.32. The molecule has 1 fully saturated rings. The normalized spacial score (nSPS) is 17.3. The second-order valence-electron chi connectivity index (χ2n) is 5.29. The Hall–Kier alpha value is -1.03. The average molecular weight is 270 g/mol. The molecule has 1 aliphatic carbocycles. The lowest BCUT2D eigenvalue weighted by Gasteiger charge is -2.40. The Labute approximate surface area is 112 Å². The van der Waals surface area contributed by atoms with Crippen molar-refractivity contribution in [2.24, 2.45) is 0 Å². The topological polar surface area (TPSA) is 46.9 Å². The van der Waals surface area contributed by atoms with Crippen LogP contribution in [0, 0.1) is 0 Å². The Bertz CT molecular complexity index is 480. The Morgan fingerprint density at radius 3 is 2.83 bits per heavy atom. The monoisotopic (exact) mass is 269 g/mol. The minimum absolute atomic E-state index is 0.0767. The molecule has 1 heterocycles. The van der Waals surface area contributed by atoms with Gasteiger partial charge in [-0.05, 0) is 32.6 Å². The third-order valence-electron chi connectivity index (χ3n) is 3.60. The molecule has 0 bridgehead atoms. The van der Waals surface area contributed by atoms with Crippen LogP contribution in [-0.2, 0) is 6.54 Å². The van der Waals surface area contributed by atoms with Crippen LogP contribution in [0.25, 0.3) is 0 Å². The van der Waals surface area contributed by atoms with E-state index in [1.807, 2.05) is 0 Å². The summed E-state index contributed by atoms with van der Waals surface area (Å²) in [5, 5.41) is 7.77. The van der Waals surface area contributed by atoms with Gasteiger partial charge in [0.25, 0.3) is 5.56 Å². The van der Waals surface area contributed by atoms with Gasteiger partial charge in [-0.15, -0.1) is 0 Å². The SMILES string of the molecule is CCCCn1ncc(NC2(C)CCC2)c(Cl)c1=O. The van der Waals surface area contributed by atoms with E-state index in [0.29, 0.717) is 12.2 Å². The van der Waals surface area contributed by atoms with E-state index in [0.717, 1.165) is 25.7 Å². The summed E-state index contributed by atoms with van der Waals surface area (Å²) in [5.74, 6) is 0. The lowest BCUT2D eigenvalue weighted by Crippen LogP contribution is -2.42. The van der Waals surface area contributed by atoms with E-state index in [2.05, 4.69) is 24.3 Å². The first kappa shape index (κ1) is 13.4. The summed E-state index contributed by atoms with van der Waals surface area (Å²) >= 11 is 6.13. The van der Waals surface area contributed by atoms with Crippen LogP contribution in [0.2, 0.25) is 5.02 Å². The molecule has 18 heavy (non-hydrogen) atoms. The molecule has 0 atom stereocenters. The van der Waals surface area contributed by atoms with Crippen LogP contribution in [-0.4, -0.2) is 15.3 Å². The van der Waals surface area contributed by atoms with Crippen LogP contribution in [0.4, 0.5) is 5.69 Å². The molecule has 0 aliphatic heterocycles. The van der Waals surface area contributed by atoms with Crippen molar-refractivity contribution in [3.05, 3.63) is 21.6 Å². The van der Waals surface area contributed by atoms with Gasteiger partial charge >= 0.3 is 0 Å². The van der Waals surface area contributed by atoms with Crippen LogP contribution in [0.3, 0.4) is 0 Å². The second kappa shape index (κ2) is 5.31. The molecule has 1 aromatic heterocycles. The van der Waals surface area contributed by atoms with E-state index in [9.17, 15) is 4.79 Å². The summed E-state index contributed by atoms with van der Waals surface area (Å²) in [6.07, 6.45) is 7.09. The van der Waals surface area contributed by atoms with Crippen LogP contribution >= 0.6 is 11.6 Å². The molecule has 100 valence electrons. The number of hydrogen-bond acceptors (Lipinski definition) is 3. The van der Waals surface area contributed by atoms with Crippen LogP contribution in [0.1, 0.15) is 46.0 Å². The molecule has 0 aromatic carbocycles. The Morgan fingerprint density at radius 1 is 1.56 bits per heavy atom. The molecule has 0 unspecified atom stereocenters. The predicted octanol–water partition coefficient (Wildman–Crippen LogP) is 3.05. The minimum Gasteiger partial charge on any atom is -0.377 e. The van der Waals surface area contributed by atoms with Gasteiger partial charge in [0.15, 0.2) is 0 Å². The van der Waals surface area contributed by atoms with Gasteiger partial charge in [-0.3, -0.25) is 4.79 Å². The molecule has 0 saturated heterocycles. The standard InChI is InChI=1S/C13H20ClN3O/c1-3-4-8-17-12(18)11(14)10(9-15-17)16-13(2)6-5-7-13/h9,16H,3-8H2,1-2H3. The zero-order valence-electron chi connectivity index (χ0n) is 11.0. The van der Waals surface area contributed by atoms with E-state index in [4.69, 9.17) is 11.6 Å². The third kappa shape index (κ3) is 2.69. The first-order chi connectivity index (χ1) is 8.56. The van der Waals surface area contributed by atoms with Gasteiger partial charge in [0, 0.05) is 12.1 Å². The Kier molecular flexibility index (Phi) is 3.95. The summed E-state index contributed by atoms with van der Waals surface area (Å²) in [5.41, 5.74) is 0.544. The van der Waals surface area contributed by atoms with E-state index in [-0.39, 0.29) is 16.1 Å².